The van der Waals surface area contributed by atoms with Crippen LogP contribution in [0, 0.1) is 20.8 Å². The largest absolute Gasteiger partial charge is 0.504 e. The summed E-state index contributed by atoms with van der Waals surface area (Å²) in [7, 11) is 0. The number of benzene rings is 1. The molecule has 0 aliphatic rings. The molecule has 5 heteroatoms. The van der Waals surface area contributed by atoms with Crippen molar-refractivity contribution in [3.8, 4) is 5.75 Å². The van der Waals surface area contributed by atoms with E-state index in [1.807, 2.05) is 39.1 Å². The predicted molar refractivity (Wildman–Crippen MR) is 81.7 cm³/mol. The molecular weight excluding hydrogens is 264 g/mol. The number of imidazole rings is 1. The van der Waals surface area contributed by atoms with E-state index in [1.54, 1.807) is 16.5 Å². The summed E-state index contributed by atoms with van der Waals surface area (Å²) in [5, 5.41) is 18.4. The Morgan fingerprint density at radius 1 is 1.05 bits per heavy atom. The Kier molecular flexibility index (Phi) is 3.17. The Morgan fingerprint density at radius 3 is 2.48 bits per heavy atom. The van der Waals surface area contributed by atoms with E-state index in [1.165, 1.54) is 0 Å². The topological polar surface area (TPSA) is 62.2 Å². The molecule has 21 heavy (non-hydrogen) atoms. The summed E-state index contributed by atoms with van der Waals surface area (Å²) in [6.07, 6.45) is 1.81. The maximum absolute atomic E-state index is 9.81. The lowest BCUT2D eigenvalue weighted by Crippen LogP contribution is -1.82. The van der Waals surface area contributed by atoms with E-state index in [9.17, 15) is 5.11 Å². The van der Waals surface area contributed by atoms with Crippen LogP contribution in [-0.4, -0.2) is 14.5 Å². The average molecular weight is 280 g/mol. The first-order chi connectivity index (χ1) is 10.0. The molecule has 0 spiro atoms. The minimum Gasteiger partial charge on any atom is -0.504 e. The molecule has 3 aromatic rings. The summed E-state index contributed by atoms with van der Waals surface area (Å²) >= 11 is 0. The average Bonchev–Trinajstić information content (AvgIpc) is 2.73. The van der Waals surface area contributed by atoms with E-state index in [4.69, 9.17) is 0 Å². The highest BCUT2D eigenvalue weighted by atomic mass is 16.3. The number of aryl methyl sites for hydroxylation is 3. The zero-order chi connectivity index (χ0) is 15.0. The highest BCUT2D eigenvalue weighted by Gasteiger charge is 2.10. The van der Waals surface area contributed by atoms with E-state index in [0.29, 0.717) is 11.5 Å². The molecule has 0 aliphatic carbocycles. The third-order valence-corrected chi connectivity index (χ3v) is 3.24. The molecule has 0 radical (unpaired) electrons. The molecule has 0 atom stereocenters. The maximum atomic E-state index is 9.81. The third-order valence-electron chi connectivity index (χ3n) is 3.24. The number of azo groups is 1. The van der Waals surface area contributed by atoms with Crippen LogP contribution in [0.15, 0.2) is 46.8 Å². The van der Waals surface area contributed by atoms with E-state index >= 15 is 0 Å². The van der Waals surface area contributed by atoms with Gasteiger partial charge in [0.1, 0.15) is 0 Å². The van der Waals surface area contributed by atoms with Crippen LogP contribution in [0.2, 0.25) is 0 Å². The summed E-state index contributed by atoms with van der Waals surface area (Å²) < 4.78 is 1.73. The predicted octanol–water partition coefficient (Wildman–Crippen LogP) is 4.38. The van der Waals surface area contributed by atoms with Crippen molar-refractivity contribution in [1.29, 1.82) is 0 Å². The Hall–Kier alpha value is -2.69. The molecule has 0 saturated heterocycles. The Labute approximate surface area is 122 Å². The normalized spacial score (nSPS) is 11.6. The van der Waals surface area contributed by atoms with Crippen molar-refractivity contribution in [3.05, 3.63) is 53.3 Å². The fourth-order valence-corrected chi connectivity index (χ4v) is 2.39. The minimum atomic E-state index is 0.133. The molecule has 0 saturated carbocycles. The molecule has 1 aromatic carbocycles. The van der Waals surface area contributed by atoms with E-state index in [0.717, 1.165) is 22.5 Å². The standard InChI is InChI=1S/C16H16N4O/c1-10-7-11(2)9-13(8-10)18-19-15-12(3)17-16-14(21)5-4-6-20(15)16/h4-9,21H,1-3H3. The van der Waals surface area contributed by atoms with Crippen LogP contribution in [0.1, 0.15) is 16.8 Å². The smallest absolute Gasteiger partial charge is 0.182 e. The van der Waals surface area contributed by atoms with Crippen LogP contribution >= 0.6 is 0 Å². The molecular formula is C16H16N4O. The van der Waals surface area contributed by atoms with Gasteiger partial charge in [-0.25, -0.2) is 4.98 Å². The van der Waals surface area contributed by atoms with Crippen molar-refractivity contribution in [3.63, 3.8) is 0 Å². The number of aromatic hydroxyl groups is 1. The van der Waals surface area contributed by atoms with Gasteiger partial charge in [0.05, 0.1) is 11.4 Å². The maximum Gasteiger partial charge on any atom is 0.182 e. The van der Waals surface area contributed by atoms with Crippen LogP contribution in [-0.2, 0) is 0 Å². The van der Waals surface area contributed by atoms with Gasteiger partial charge < -0.3 is 5.11 Å². The van der Waals surface area contributed by atoms with Crippen molar-refractivity contribution < 1.29 is 5.11 Å². The van der Waals surface area contributed by atoms with Crippen molar-refractivity contribution in [2.45, 2.75) is 20.8 Å². The summed E-state index contributed by atoms with van der Waals surface area (Å²) in [5.41, 5.74) is 4.32. The van der Waals surface area contributed by atoms with E-state index < -0.39 is 0 Å². The first-order valence-corrected chi connectivity index (χ1v) is 6.71. The molecule has 0 bridgehead atoms. The minimum absolute atomic E-state index is 0.133. The molecule has 0 aliphatic heterocycles. The van der Waals surface area contributed by atoms with Crippen LogP contribution < -0.4 is 0 Å². The van der Waals surface area contributed by atoms with Crippen LogP contribution in [0.4, 0.5) is 11.5 Å². The number of fused-ring (bicyclic) bond motifs is 1. The van der Waals surface area contributed by atoms with Gasteiger partial charge in [-0.05, 0) is 56.2 Å². The SMILES string of the molecule is Cc1cc(C)cc(N=Nc2c(C)nc3c(O)cccn23)c1. The van der Waals surface area contributed by atoms with Crippen LogP contribution in [0.3, 0.4) is 0 Å². The lowest BCUT2D eigenvalue weighted by molar-refractivity contribution is 0.477. The first-order valence-electron chi connectivity index (χ1n) is 6.71. The Morgan fingerprint density at radius 2 is 1.76 bits per heavy atom. The number of hydrogen-bond donors (Lipinski definition) is 1. The molecule has 2 aromatic heterocycles. The number of rotatable bonds is 2. The second kappa shape index (κ2) is 5.01. The van der Waals surface area contributed by atoms with Gasteiger partial charge in [-0.1, -0.05) is 6.07 Å². The number of pyridine rings is 1. The van der Waals surface area contributed by atoms with Gasteiger partial charge >= 0.3 is 0 Å². The third kappa shape index (κ3) is 2.50. The zero-order valence-corrected chi connectivity index (χ0v) is 12.2. The lowest BCUT2D eigenvalue weighted by Gasteiger charge is -1.99. The van der Waals surface area contributed by atoms with E-state index in [-0.39, 0.29) is 5.75 Å². The Balaban J connectivity index is 2.07. The van der Waals surface area contributed by atoms with Gasteiger partial charge in [-0.3, -0.25) is 4.40 Å². The van der Waals surface area contributed by atoms with Gasteiger partial charge in [0.15, 0.2) is 17.2 Å². The number of aromatic nitrogens is 2. The van der Waals surface area contributed by atoms with Crippen molar-refractivity contribution in [2.75, 3.05) is 0 Å². The molecule has 3 rings (SSSR count). The summed E-state index contributed by atoms with van der Waals surface area (Å²) in [6.45, 7) is 5.91. The second-order valence-corrected chi connectivity index (χ2v) is 5.15. The Bertz CT molecular complexity index is 829. The van der Waals surface area contributed by atoms with Crippen molar-refractivity contribution in [2.24, 2.45) is 10.2 Å². The van der Waals surface area contributed by atoms with Gasteiger partial charge in [0.2, 0.25) is 0 Å². The zero-order valence-electron chi connectivity index (χ0n) is 12.2. The quantitative estimate of drug-likeness (QED) is 0.708. The van der Waals surface area contributed by atoms with Crippen LogP contribution in [0.25, 0.3) is 5.65 Å². The molecule has 106 valence electrons. The monoisotopic (exact) mass is 280 g/mol. The fourth-order valence-electron chi connectivity index (χ4n) is 2.39. The van der Waals surface area contributed by atoms with Crippen molar-refractivity contribution >= 4 is 17.2 Å². The van der Waals surface area contributed by atoms with Crippen molar-refractivity contribution in [1.82, 2.24) is 9.38 Å². The second-order valence-electron chi connectivity index (χ2n) is 5.15. The number of hydrogen-bond acceptors (Lipinski definition) is 4. The highest BCUT2D eigenvalue weighted by Crippen LogP contribution is 2.27. The summed E-state index contributed by atoms with van der Waals surface area (Å²) in [4.78, 5) is 4.32. The number of nitrogens with zero attached hydrogens (tertiary/aromatic N) is 4. The fraction of sp³-hybridized carbons (Fsp3) is 0.188. The molecule has 1 N–H and O–H groups in total. The van der Waals surface area contributed by atoms with Gasteiger partial charge in [0, 0.05) is 6.20 Å². The van der Waals surface area contributed by atoms with Gasteiger partial charge in [-0.2, -0.15) is 0 Å². The molecule has 5 nitrogen and oxygen atoms in total. The summed E-state index contributed by atoms with van der Waals surface area (Å²) in [5.74, 6) is 0.758. The van der Waals surface area contributed by atoms with E-state index in [2.05, 4.69) is 21.3 Å². The summed E-state index contributed by atoms with van der Waals surface area (Å²) in [6, 6.07) is 9.40. The molecule has 2 heterocycles. The molecule has 0 amide bonds. The highest BCUT2D eigenvalue weighted by molar-refractivity contribution is 5.60. The first kappa shape index (κ1) is 13.3. The van der Waals surface area contributed by atoms with Gasteiger partial charge in [0.25, 0.3) is 0 Å². The molecule has 0 fully saturated rings. The van der Waals surface area contributed by atoms with Crippen LogP contribution in [0.5, 0.6) is 5.75 Å². The molecule has 0 unspecified atom stereocenters. The lowest BCUT2D eigenvalue weighted by atomic mass is 10.1. The van der Waals surface area contributed by atoms with Gasteiger partial charge in [-0.15, -0.1) is 10.2 Å².